The number of aliphatic imine (C=N–C) groups is 1. The average Bonchev–Trinajstić information content (AvgIpc) is 3.19. The summed E-state index contributed by atoms with van der Waals surface area (Å²) >= 11 is 19.7. The molecule has 2 aromatic heterocycles. The van der Waals surface area contributed by atoms with Crippen LogP contribution in [0.2, 0.25) is 14.4 Å². The maximum absolute atomic E-state index is 14.3. The van der Waals surface area contributed by atoms with Crippen molar-refractivity contribution < 1.29 is 23.1 Å². The Morgan fingerprint density at radius 3 is 2.07 bits per heavy atom. The van der Waals surface area contributed by atoms with Gasteiger partial charge in [-0.25, -0.2) is 4.79 Å². The van der Waals surface area contributed by atoms with Crippen molar-refractivity contribution >= 4 is 69.2 Å². The van der Waals surface area contributed by atoms with Crippen LogP contribution in [0.5, 0.6) is 0 Å². The van der Waals surface area contributed by atoms with Gasteiger partial charge in [-0.3, -0.25) is 4.99 Å². The van der Waals surface area contributed by atoms with Crippen molar-refractivity contribution in [2.75, 3.05) is 7.05 Å². The molecule has 0 bridgehead atoms. The lowest BCUT2D eigenvalue weighted by molar-refractivity contribution is -0.182. The van der Waals surface area contributed by atoms with Crippen molar-refractivity contribution in [3.63, 3.8) is 0 Å². The Labute approximate surface area is 194 Å². The number of carbonyl (C=O) groups is 1. The summed E-state index contributed by atoms with van der Waals surface area (Å²) in [6, 6.07) is 0. The van der Waals surface area contributed by atoms with Crippen LogP contribution in [-0.2, 0) is 18.3 Å². The van der Waals surface area contributed by atoms with Crippen LogP contribution in [0, 0.1) is 0 Å². The van der Waals surface area contributed by atoms with Crippen LogP contribution in [0.4, 0.5) is 13.2 Å². The van der Waals surface area contributed by atoms with Crippen molar-refractivity contribution in [3.8, 4) is 0 Å². The van der Waals surface area contributed by atoms with Gasteiger partial charge in [0.05, 0.1) is 20.6 Å². The highest BCUT2D eigenvalue weighted by atomic mass is 35.5. The maximum Gasteiger partial charge on any atom is 0.399 e. The number of hydrogen-bond donors (Lipinski definition) is 1. The number of hydrogen-bond acceptors (Lipinski definition) is 4. The summed E-state index contributed by atoms with van der Waals surface area (Å²) < 4.78 is 42.9. The third kappa shape index (κ3) is 4.01. The van der Waals surface area contributed by atoms with Gasteiger partial charge >= 0.3 is 12.1 Å². The highest BCUT2D eigenvalue weighted by molar-refractivity contribution is 7.18. The van der Waals surface area contributed by atoms with Crippen LogP contribution in [0.15, 0.2) is 4.99 Å². The number of fused-ring (bicyclic) bond motifs is 1. The molecule has 0 saturated heterocycles. The second-order valence-electron chi connectivity index (χ2n) is 7.24. The summed E-state index contributed by atoms with van der Waals surface area (Å²) in [7, 11) is 1.41. The Morgan fingerprint density at radius 2 is 1.63 bits per heavy atom. The fourth-order valence-corrected chi connectivity index (χ4v) is 7.02. The first-order valence-corrected chi connectivity index (χ1v) is 11.7. The van der Waals surface area contributed by atoms with Gasteiger partial charge in [-0.1, -0.05) is 34.8 Å². The van der Waals surface area contributed by atoms with Crippen LogP contribution in [0.1, 0.15) is 56.7 Å². The number of carboxylic acids is 1. The van der Waals surface area contributed by atoms with Crippen molar-refractivity contribution in [2.24, 2.45) is 4.99 Å². The first kappa shape index (κ1) is 23.9. The molecule has 1 N–H and O–H groups in total. The zero-order valence-corrected chi connectivity index (χ0v) is 19.8. The average molecular weight is 519 g/mol. The van der Waals surface area contributed by atoms with Crippen molar-refractivity contribution in [2.45, 2.75) is 50.6 Å². The van der Waals surface area contributed by atoms with E-state index in [-0.39, 0.29) is 29.8 Å². The zero-order valence-electron chi connectivity index (χ0n) is 15.9. The quantitative estimate of drug-likeness (QED) is 0.413. The number of halogens is 6. The van der Waals surface area contributed by atoms with Crippen molar-refractivity contribution in [1.29, 1.82) is 0 Å². The Balaban J connectivity index is 2.13. The lowest BCUT2D eigenvalue weighted by atomic mass is 9.80. The van der Waals surface area contributed by atoms with Gasteiger partial charge in [-0.05, 0) is 43.7 Å². The second kappa shape index (κ2) is 8.62. The Hall–Kier alpha value is -0.800. The van der Waals surface area contributed by atoms with Gasteiger partial charge in [0.2, 0.25) is 0 Å². The van der Waals surface area contributed by atoms with Crippen molar-refractivity contribution in [1.82, 2.24) is 0 Å². The normalized spacial score (nSPS) is 17.0. The molecule has 3 rings (SSSR count). The molecule has 1 unspecified atom stereocenters. The third-order valence-electron chi connectivity index (χ3n) is 5.35. The largest absolute Gasteiger partial charge is 0.477 e. The van der Waals surface area contributed by atoms with Gasteiger partial charge in [0.1, 0.15) is 14.6 Å². The van der Waals surface area contributed by atoms with Gasteiger partial charge in [-0.2, -0.15) is 13.2 Å². The van der Waals surface area contributed by atoms with Crippen LogP contribution in [0.3, 0.4) is 0 Å². The predicted molar refractivity (Wildman–Crippen MR) is 118 cm³/mol. The summed E-state index contributed by atoms with van der Waals surface area (Å²) in [5.41, 5.74) is -0.692. The third-order valence-corrected chi connectivity index (χ3v) is 9.50. The Morgan fingerprint density at radius 1 is 1.07 bits per heavy atom. The molecule has 0 aliphatic heterocycles. The number of carboxylic acid groups (broad SMARTS) is 1. The Bertz CT molecular complexity index is 1030. The van der Waals surface area contributed by atoms with E-state index < -0.39 is 24.0 Å². The van der Waals surface area contributed by atoms with Crippen LogP contribution in [-0.4, -0.2) is 30.0 Å². The molecule has 3 nitrogen and oxygen atoms in total. The van der Waals surface area contributed by atoms with Crippen LogP contribution >= 0.6 is 57.5 Å². The fraction of sp³-hybridized carbons (Fsp3) is 0.474. The van der Waals surface area contributed by atoms with Crippen LogP contribution in [0.25, 0.3) is 0 Å². The predicted octanol–water partition coefficient (Wildman–Crippen LogP) is 7.68. The van der Waals surface area contributed by atoms with E-state index in [1.807, 2.05) is 0 Å². The number of thiophene rings is 2. The minimum atomic E-state index is -4.67. The van der Waals surface area contributed by atoms with Gasteiger partial charge in [0.25, 0.3) is 0 Å². The lowest BCUT2D eigenvalue weighted by Crippen LogP contribution is -2.41. The van der Waals surface area contributed by atoms with E-state index >= 15 is 0 Å². The summed E-state index contributed by atoms with van der Waals surface area (Å²) in [6.45, 7) is 1.04. The fourth-order valence-electron chi connectivity index (χ4n) is 3.66. The smallest absolute Gasteiger partial charge is 0.399 e. The standard InChI is InChI=1S/C19H17Cl3F3NO2S2/c1-18(19(23,24)25,15-11(20)12(21)16(22)30-15)7-10(26-2)13-8-5-3-4-6-9(8)14(29-13)17(27)28/h3-7H2,1-2H3,(H,27,28)/b26-10+. The number of alkyl halides is 3. The van der Waals surface area contributed by atoms with E-state index in [9.17, 15) is 23.1 Å². The Kier molecular flexibility index (Phi) is 6.85. The molecule has 0 saturated carbocycles. The SMILES string of the molecule is C/N=C(\CC(C)(c1sc(Cl)c(Cl)c1Cl)C(F)(F)F)c1sc(C(=O)O)c2c1CCCC2. The summed E-state index contributed by atoms with van der Waals surface area (Å²) in [4.78, 5) is 16.3. The molecular weight excluding hydrogens is 502 g/mol. The van der Waals surface area contributed by atoms with E-state index in [4.69, 9.17) is 34.8 Å². The van der Waals surface area contributed by atoms with E-state index in [1.54, 1.807) is 0 Å². The zero-order chi connectivity index (χ0) is 22.4. The molecule has 164 valence electrons. The van der Waals surface area contributed by atoms with Gasteiger partial charge in [0.15, 0.2) is 0 Å². The molecule has 11 heteroatoms. The summed E-state index contributed by atoms with van der Waals surface area (Å²) in [6.07, 6.45) is -2.26. The molecule has 0 fully saturated rings. The van der Waals surface area contributed by atoms with Crippen LogP contribution < -0.4 is 0 Å². The summed E-state index contributed by atoms with van der Waals surface area (Å²) in [5, 5.41) is 9.24. The molecule has 1 atom stereocenters. The van der Waals surface area contributed by atoms with E-state index in [1.165, 1.54) is 7.05 Å². The molecule has 1 aliphatic carbocycles. The number of rotatable bonds is 5. The summed E-state index contributed by atoms with van der Waals surface area (Å²) in [5.74, 6) is -1.07. The molecule has 2 heterocycles. The molecule has 0 radical (unpaired) electrons. The van der Waals surface area contributed by atoms with E-state index in [0.29, 0.717) is 34.6 Å². The molecule has 2 aromatic rings. The monoisotopic (exact) mass is 517 g/mol. The van der Waals surface area contributed by atoms with Gasteiger partial charge in [0, 0.05) is 18.3 Å². The molecule has 30 heavy (non-hydrogen) atoms. The first-order valence-electron chi connectivity index (χ1n) is 8.96. The first-order chi connectivity index (χ1) is 13.9. The molecule has 0 amide bonds. The lowest BCUT2D eigenvalue weighted by Gasteiger charge is -2.32. The molecule has 0 spiro atoms. The molecular formula is C19H17Cl3F3NO2S2. The van der Waals surface area contributed by atoms with Gasteiger partial charge in [-0.15, -0.1) is 22.7 Å². The maximum atomic E-state index is 14.3. The number of aromatic carboxylic acids is 1. The van der Waals surface area contributed by atoms with Crippen molar-refractivity contribution in [3.05, 3.63) is 40.1 Å². The van der Waals surface area contributed by atoms with E-state index in [2.05, 4.69) is 4.99 Å². The number of nitrogens with zero attached hydrogens (tertiary/aromatic N) is 1. The second-order valence-corrected chi connectivity index (χ2v) is 10.6. The highest BCUT2D eigenvalue weighted by Crippen LogP contribution is 2.53. The molecule has 1 aliphatic rings. The minimum absolute atomic E-state index is 0.0104. The highest BCUT2D eigenvalue weighted by Gasteiger charge is 2.55. The van der Waals surface area contributed by atoms with E-state index in [0.717, 1.165) is 36.7 Å². The topological polar surface area (TPSA) is 49.7 Å². The van der Waals surface area contributed by atoms with Gasteiger partial charge < -0.3 is 5.11 Å². The minimum Gasteiger partial charge on any atom is -0.477 e. The molecule has 0 aromatic carbocycles.